The molecule has 1 aromatic carbocycles. The third-order valence-electron chi connectivity index (χ3n) is 2.87. The minimum atomic E-state index is 0.177. The van der Waals surface area contributed by atoms with E-state index in [-0.39, 0.29) is 11.8 Å². The summed E-state index contributed by atoms with van der Waals surface area (Å²) in [5, 5.41) is 1.31. The number of hydrogen-bond acceptors (Lipinski definition) is 2. The van der Waals surface area contributed by atoms with Crippen molar-refractivity contribution in [2.24, 2.45) is 11.8 Å². The van der Waals surface area contributed by atoms with Crippen LogP contribution in [0.2, 0.25) is 10.0 Å². The first kappa shape index (κ1) is 15.4. The van der Waals surface area contributed by atoms with Crippen molar-refractivity contribution in [3.05, 3.63) is 45.6 Å². The molecular formula is C14H19Cl2NO. The van der Waals surface area contributed by atoms with Crippen molar-refractivity contribution in [2.75, 3.05) is 0 Å². The molecule has 1 aromatic rings. The lowest BCUT2D eigenvalue weighted by Crippen LogP contribution is -2.07. The van der Waals surface area contributed by atoms with Crippen molar-refractivity contribution in [1.29, 1.82) is 0 Å². The zero-order valence-corrected chi connectivity index (χ0v) is 12.4. The van der Waals surface area contributed by atoms with E-state index in [2.05, 4.69) is 6.92 Å². The molecule has 0 radical (unpaired) electrons. The van der Waals surface area contributed by atoms with Gasteiger partial charge in [0.05, 0.1) is 0 Å². The summed E-state index contributed by atoms with van der Waals surface area (Å²) in [6, 6.07) is 5.55. The molecule has 1 unspecified atom stereocenters. The maximum Gasteiger partial charge on any atom is 0.123 e. The highest BCUT2D eigenvalue weighted by molar-refractivity contribution is 6.35. The maximum absolute atomic E-state index is 6.22. The minimum Gasteiger partial charge on any atom is -0.416 e. The highest BCUT2D eigenvalue weighted by Crippen LogP contribution is 2.32. The lowest BCUT2D eigenvalue weighted by molar-refractivity contribution is 0.189. The monoisotopic (exact) mass is 287 g/mol. The lowest BCUT2D eigenvalue weighted by Gasteiger charge is -2.16. The molecule has 0 aliphatic carbocycles. The van der Waals surface area contributed by atoms with Gasteiger partial charge in [-0.1, -0.05) is 50.0 Å². The standard InChI is InChI=1S/C14H19Cl2NO/c1-4-10(7-14(18-17)9(2)3)12-6-5-11(15)8-13(12)16/h5-10H,4,17H2,1-3H3/b14-7-. The molecule has 18 heavy (non-hydrogen) atoms. The van der Waals surface area contributed by atoms with Crippen LogP contribution in [0.3, 0.4) is 0 Å². The Morgan fingerprint density at radius 2 is 2.06 bits per heavy atom. The molecule has 0 bridgehead atoms. The molecule has 2 N–H and O–H groups in total. The first-order valence-electron chi connectivity index (χ1n) is 6.03. The number of halogens is 2. The van der Waals surface area contributed by atoms with Crippen LogP contribution >= 0.6 is 23.2 Å². The molecule has 0 spiro atoms. The van der Waals surface area contributed by atoms with Crippen LogP contribution < -0.4 is 5.90 Å². The second kappa shape index (κ2) is 7.03. The fourth-order valence-corrected chi connectivity index (χ4v) is 2.34. The highest BCUT2D eigenvalue weighted by Gasteiger charge is 2.14. The normalized spacial score (nSPS) is 13.8. The van der Waals surface area contributed by atoms with Gasteiger partial charge in [-0.3, -0.25) is 0 Å². The first-order chi connectivity index (χ1) is 8.49. The van der Waals surface area contributed by atoms with Crippen LogP contribution in [0.4, 0.5) is 0 Å². The summed E-state index contributed by atoms with van der Waals surface area (Å²) in [7, 11) is 0. The fourth-order valence-electron chi connectivity index (χ4n) is 1.80. The summed E-state index contributed by atoms with van der Waals surface area (Å²) < 4.78 is 0. The van der Waals surface area contributed by atoms with Crippen LogP contribution in [0.1, 0.15) is 38.7 Å². The molecule has 0 aromatic heterocycles. The Kier molecular flexibility index (Phi) is 6.00. The zero-order chi connectivity index (χ0) is 13.7. The highest BCUT2D eigenvalue weighted by atomic mass is 35.5. The molecule has 100 valence electrons. The van der Waals surface area contributed by atoms with E-state index in [0.717, 1.165) is 17.7 Å². The van der Waals surface area contributed by atoms with E-state index in [4.69, 9.17) is 33.9 Å². The van der Waals surface area contributed by atoms with E-state index >= 15 is 0 Å². The predicted octanol–water partition coefficient (Wildman–Crippen LogP) is 4.92. The second-order valence-corrected chi connectivity index (χ2v) is 5.37. The molecule has 0 heterocycles. The minimum absolute atomic E-state index is 0.177. The number of nitrogens with two attached hydrogens (primary N) is 1. The Balaban J connectivity index is 3.09. The van der Waals surface area contributed by atoms with Crippen molar-refractivity contribution in [1.82, 2.24) is 0 Å². The van der Waals surface area contributed by atoms with E-state index in [1.807, 2.05) is 32.1 Å². The summed E-state index contributed by atoms with van der Waals surface area (Å²) in [4.78, 5) is 4.92. The third-order valence-corrected chi connectivity index (χ3v) is 3.43. The number of rotatable bonds is 5. The fraction of sp³-hybridized carbons (Fsp3) is 0.429. The van der Waals surface area contributed by atoms with E-state index < -0.39 is 0 Å². The van der Waals surface area contributed by atoms with E-state index in [0.29, 0.717) is 10.0 Å². The summed E-state index contributed by atoms with van der Waals surface area (Å²) in [5.74, 6) is 6.49. The number of benzene rings is 1. The molecule has 0 amide bonds. The molecule has 0 aliphatic heterocycles. The molecule has 0 saturated carbocycles. The van der Waals surface area contributed by atoms with Crippen LogP contribution in [0.25, 0.3) is 0 Å². The molecular weight excluding hydrogens is 269 g/mol. The van der Waals surface area contributed by atoms with Gasteiger partial charge in [0.2, 0.25) is 0 Å². The third kappa shape index (κ3) is 3.91. The van der Waals surface area contributed by atoms with Gasteiger partial charge in [0.1, 0.15) is 5.76 Å². The summed E-state index contributed by atoms with van der Waals surface area (Å²) in [6.45, 7) is 6.17. The van der Waals surface area contributed by atoms with Crippen molar-refractivity contribution in [2.45, 2.75) is 33.1 Å². The summed E-state index contributed by atoms with van der Waals surface area (Å²) >= 11 is 12.1. The number of hydrogen-bond donors (Lipinski definition) is 1. The van der Waals surface area contributed by atoms with Gasteiger partial charge in [-0.2, -0.15) is 5.90 Å². The van der Waals surface area contributed by atoms with Crippen molar-refractivity contribution < 1.29 is 4.84 Å². The average Bonchev–Trinajstić information content (AvgIpc) is 2.31. The Labute approximate surface area is 119 Å². The summed E-state index contributed by atoms with van der Waals surface area (Å²) in [6.07, 6.45) is 2.95. The quantitative estimate of drug-likeness (QED) is 0.616. The topological polar surface area (TPSA) is 35.2 Å². The van der Waals surface area contributed by atoms with Crippen molar-refractivity contribution >= 4 is 23.2 Å². The Hall–Kier alpha value is -0.700. The molecule has 1 atom stereocenters. The van der Waals surface area contributed by atoms with Crippen LogP contribution in [0.15, 0.2) is 30.0 Å². The van der Waals surface area contributed by atoms with Crippen molar-refractivity contribution in [3.8, 4) is 0 Å². The average molecular weight is 288 g/mol. The van der Waals surface area contributed by atoms with E-state index in [1.54, 1.807) is 6.07 Å². The van der Waals surface area contributed by atoms with E-state index in [9.17, 15) is 0 Å². The van der Waals surface area contributed by atoms with Gasteiger partial charge in [-0.05, 0) is 30.2 Å². The molecule has 4 heteroatoms. The zero-order valence-electron chi connectivity index (χ0n) is 10.9. The lowest BCUT2D eigenvalue weighted by atomic mass is 9.94. The van der Waals surface area contributed by atoms with Gasteiger partial charge in [0.15, 0.2) is 0 Å². The van der Waals surface area contributed by atoms with Gasteiger partial charge in [-0.15, -0.1) is 0 Å². The molecule has 0 aliphatic rings. The Morgan fingerprint density at radius 1 is 1.39 bits per heavy atom. The Bertz CT molecular complexity index is 430. The van der Waals surface area contributed by atoms with Crippen LogP contribution in [-0.4, -0.2) is 0 Å². The Morgan fingerprint density at radius 3 is 2.50 bits per heavy atom. The maximum atomic E-state index is 6.22. The first-order valence-corrected chi connectivity index (χ1v) is 6.78. The predicted molar refractivity (Wildman–Crippen MR) is 77.7 cm³/mol. The van der Waals surface area contributed by atoms with Crippen molar-refractivity contribution in [3.63, 3.8) is 0 Å². The molecule has 2 nitrogen and oxygen atoms in total. The van der Waals surface area contributed by atoms with Gasteiger partial charge in [0, 0.05) is 21.9 Å². The van der Waals surface area contributed by atoms with Gasteiger partial charge >= 0.3 is 0 Å². The van der Waals surface area contributed by atoms with Gasteiger partial charge < -0.3 is 4.84 Å². The smallest absolute Gasteiger partial charge is 0.123 e. The molecule has 0 fully saturated rings. The van der Waals surface area contributed by atoms with Crippen LogP contribution in [0, 0.1) is 5.92 Å². The van der Waals surface area contributed by atoms with Crippen LogP contribution in [0.5, 0.6) is 0 Å². The second-order valence-electron chi connectivity index (χ2n) is 4.52. The number of allylic oxidation sites excluding steroid dienone is 2. The largest absolute Gasteiger partial charge is 0.416 e. The van der Waals surface area contributed by atoms with Crippen LogP contribution in [-0.2, 0) is 4.84 Å². The molecule has 1 rings (SSSR count). The summed E-state index contributed by atoms with van der Waals surface area (Å²) in [5.41, 5.74) is 1.04. The van der Waals surface area contributed by atoms with Gasteiger partial charge in [0.25, 0.3) is 0 Å². The molecule has 0 saturated heterocycles. The SMILES string of the molecule is CCC(/C=C(\ON)C(C)C)c1ccc(Cl)cc1Cl. The van der Waals surface area contributed by atoms with E-state index in [1.165, 1.54) is 0 Å². The van der Waals surface area contributed by atoms with Gasteiger partial charge in [-0.25, -0.2) is 0 Å².